The third-order valence-electron chi connectivity index (χ3n) is 4.30. The van der Waals surface area contributed by atoms with Gasteiger partial charge in [-0.15, -0.1) is 0 Å². The Balaban J connectivity index is 2.57. The lowest BCUT2D eigenvalue weighted by Gasteiger charge is -2.22. The number of nitrogens with one attached hydrogen (secondary N) is 2. The summed E-state index contributed by atoms with van der Waals surface area (Å²) < 4.78 is 41.4. The average molecular weight is 432 g/mol. The molecule has 0 unspecified atom stereocenters. The summed E-state index contributed by atoms with van der Waals surface area (Å²) in [6.07, 6.45) is -3.59. The fraction of sp³-hybridized carbons (Fsp3) is 0.550. The van der Waals surface area contributed by atoms with Crippen LogP contribution in [0.15, 0.2) is 30.3 Å². The van der Waals surface area contributed by atoms with Gasteiger partial charge in [0, 0.05) is 6.54 Å². The summed E-state index contributed by atoms with van der Waals surface area (Å²) in [5, 5.41) is 14.0. The van der Waals surface area contributed by atoms with Gasteiger partial charge in [-0.05, 0) is 44.6 Å². The molecule has 0 fully saturated rings. The number of amides is 1. The van der Waals surface area contributed by atoms with Crippen LogP contribution in [0.25, 0.3) is 0 Å². The van der Waals surface area contributed by atoms with E-state index in [0.29, 0.717) is 12.8 Å². The molecular formula is C20H27F3N2O5. The predicted octanol–water partition coefficient (Wildman–Crippen LogP) is 2.44. The zero-order chi connectivity index (χ0) is 22.6. The lowest BCUT2D eigenvalue weighted by Crippen LogP contribution is -2.48. The van der Waals surface area contributed by atoms with Gasteiger partial charge in [0.05, 0.1) is 6.61 Å². The second kappa shape index (κ2) is 12.8. The molecule has 0 bridgehead atoms. The first-order chi connectivity index (χ1) is 14.1. The molecule has 7 nitrogen and oxygen atoms in total. The molecule has 0 saturated carbocycles. The molecule has 1 rings (SSSR count). The van der Waals surface area contributed by atoms with Gasteiger partial charge < -0.3 is 15.2 Å². The molecule has 1 aromatic rings. The summed E-state index contributed by atoms with van der Waals surface area (Å²) in [5.74, 6) is -3.76. The molecule has 168 valence electrons. The number of hydrogen-bond donors (Lipinski definition) is 3. The maximum atomic E-state index is 12.2. The smallest absolute Gasteiger partial charge is 0.471 e. The minimum absolute atomic E-state index is 0.0818. The summed E-state index contributed by atoms with van der Waals surface area (Å²) >= 11 is 0. The number of carbonyl (C=O) groups excluding carboxylic acids is 2. The quantitative estimate of drug-likeness (QED) is 0.327. The van der Waals surface area contributed by atoms with E-state index in [1.54, 1.807) is 12.2 Å². The van der Waals surface area contributed by atoms with Crippen LogP contribution in [0, 0.1) is 0 Å². The van der Waals surface area contributed by atoms with E-state index in [1.807, 2.05) is 30.3 Å². The Bertz CT molecular complexity index is 683. The van der Waals surface area contributed by atoms with Crippen LogP contribution in [0.5, 0.6) is 0 Å². The number of halogens is 3. The fourth-order valence-corrected chi connectivity index (χ4v) is 2.76. The Morgan fingerprint density at radius 1 is 1.07 bits per heavy atom. The largest absolute Gasteiger partial charge is 0.480 e. The van der Waals surface area contributed by atoms with Gasteiger partial charge in [0.1, 0.15) is 12.1 Å². The summed E-state index contributed by atoms with van der Waals surface area (Å²) in [6.45, 7) is 1.58. The minimum Gasteiger partial charge on any atom is -0.480 e. The van der Waals surface area contributed by atoms with Crippen molar-refractivity contribution in [3.63, 3.8) is 0 Å². The second-order valence-electron chi connectivity index (χ2n) is 6.64. The highest BCUT2D eigenvalue weighted by molar-refractivity contribution is 5.81. The molecule has 1 aromatic carbocycles. The molecule has 1 amide bonds. The predicted molar refractivity (Wildman–Crippen MR) is 103 cm³/mol. The number of benzene rings is 1. The van der Waals surface area contributed by atoms with Crippen LogP contribution in [0.3, 0.4) is 0 Å². The molecular weight excluding hydrogens is 405 g/mol. The molecule has 0 saturated heterocycles. The average Bonchev–Trinajstić information content (AvgIpc) is 2.69. The van der Waals surface area contributed by atoms with Crippen LogP contribution in [0.4, 0.5) is 13.2 Å². The molecule has 0 heterocycles. The van der Waals surface area contributed by atoms with Crippen molar-refractivity contribution < 1.29 is 37.4 Å². The van der Waals surface area contributed by atoms with Crippen molar-refractivity contribution in [1.82, 2.24) is 10.6 Å². The number of aliphatic carboxylic acids is 1. The van der Waals surface area contributed by atoms with Crippen molar-refractivity contribution in [3.05, 3.63) is 35.9 Å². The van der Waals surface area contributed by atoms with Crippen LogP contribution in [-0.2, 0) is 25.5 Å². The molecule has 0 aliphatic carbocycles. The molecule has 10 heteroatoms. The molecule has 0 radical (unpaired) electrons. The van der Waals surface area contributed by atoms with E-state index >= 15 is 0 Å². The molecule has 0 aliphatic rings. The van der Waals surface area contributed by atoms with Gasteiger partial charge in [0.15, 0.2) is 0 Å². The van der Waals surface area contributed by atoms with Gasteiger partial charge in [0.2, 0.25) is 0 Å². The number of hydrogen-bond acceptors (Lipinski definition) is 5. The second-order valence-corrected chi connectivity index (χ2v) is 6.64. The van der Waals surface area contributed by atoms with Gasteiger partial charge in [-0.25, -0.2) is 0 Å². The fourth-order valence-electron chi connectivity index (χ4n) is 2.76. The van der Waals surface area contributed by atoms with Gasteiger partial charge >= 0.3 is 24.0 Å². The first-order valence-electron chi connectivity index (χ1n) is 9.69. The molecule has 0 spiro atoms. The third kappa shape index (κ3) is 9.73. The Labute approximate surface area is 173 Å². The first-order valence-corrected chi connectivity index (χ1v) is 9.69. The molecule has 0 aliphatic heterocycles. The Morgan fingerprint density at radius 2 is 1.73 bits per heavy atom. The van der Waals surface area contributed by atoms with Crippen molar-refractivity contribution in [3.8, 4) is 0 Å². The number of carbonyl (C=O) groups is 3. The van der Waals surface area contributed by atoms with E-state index in [2.05, 4.69) is 5.32 Å². The minimum atomic E-state index is -4.95. The van der Waals surface area contributed by atoms with Crippen LogP contribution >= 0.6 is 0 Å². The van der Waals surface area contributed by atoms with E-state index < -0.39 is 36.1 Å². The number of carboxylic acids is 1. The third-order valence-corrected chi connectivity index (χ3v) is 4.30. The number of aryl methyl sites for hydroxylation is 1. The van der Waals surface area contributed by atoms with Crippen LogP contribution in [0.2, 0.25) is 0 Å². The van der Waals surface area contributed by atoms with Crippen molar-refractivity contribution in [1.29, 1.82) is 0 Å². The van der Waals surface area contributed by atoms with Crippen molar-refractivity contribution in [2.45, 2.75) is 57.3 Å². The molecule has 30 heavy (non-hydrogen) atoms. The van der Waals surface area contributed by atoms with E-state index in [-0.39, 0.29) is 32.4 Å². The standard InChI is InChI=1S/C20H27F3N2O5/c1-2-30-18(28)16(12-11-14-8-4-3-5-9-14)25-15(17(26)27)10-6-7-13-24-19(29)20(21,22)23/h3-5,8-9,15-16,25H,2,6-7,10-13H2,1H3,(H,24,29)(H,26,27)/t15-,16-/m1/s1. The van der Waals surface area contributed by atoms with Gasteiger partial charge in [-0.3, -0.25) is 19.7 Å². The number of carboxylic acid groups (broad SMARTS) is 1. The highest BCUT2D eigenvalue weighted by atomic mass is 19.4. The maximum absolute atomic E-state index is 12.2. The van der Waals surface area contributed by atoms with E-state index in [0.717, 1.165) is 5.56 Å². The lowest BCUT2D eigenvalue weighted by molar-refractivity contribution is -0.173. The van der Waals surface area contributed by atoms with Crippen molar-refractivity contribution in [2.24, 2.45) is 0 Å². The normalized spacial score (nSPS) is 13.3. The zero-order valence-electron chi connectivity index (χ0n) is 16.7. The first kappa shape index (κ1) is 25.4. The van der Waals surface area contributed by atoms with Gasteiger partial charge in [-0.1, -0.05) is 30.3 Å². The van der Waals surface area contributed by atoms with E-state index in [4.69, 9.17) is 4.74 Å². The van der Waals surface area contributed by atoms with Crippen LogP contribution in [0.1, 0.15) is 38.2 Å². The van der Waals surface area contributed by atoms with Crippen LogP contribution in [-0.4, -0.2) is 54.4 Å². The van der Waals surface area contributed by atoms with Gasteiger partial charge in [0.25, 0.3) is 0 Å². The number of ether oxygens (including phenoxy) is 1. The highest BCUT2D eigenvalue weighted by Gasteiger charge is 2.38. The monoisotopic (exact) mass is 432 g/mol. The molecule has 2 atom stereocenters. The van der Waals surface area contributed by atoms with Crippen molar-refractivity contribution >= 4 is 17.8 Å². The topological polar surface area (TPSA) is 105 Å². The van der Waals surface area contributed by atoms with E-state index in [1.165, 1.54) is 0 Å². The zero-order valence-corrected chi connectivity index (χ0v) is 16.7. The maximum Gasteiger partial charge on any atom is 0.471 e. The molecule has 3 N–H and O–H groups in total. The van der Waals surface area contributed by atoms with Gasteiger partial charge in [-0.2, -0.15) is 13.2 Å². The SMILES string of the molecule is CCOC(=O)[C@@H](CCc1ccccc1)N[C@H](CCCCNC(=O)C(F)(F)F)C(=O)O. The summed E-state index contributed by atoms with van der Waals surface area (Å²) in [6, 6.07) is 7.46. The Kier molecular flexibility index (Phi) is 10.9. The number of alkyl halides is 3. The number of unbranched alkanes of at least 4 members (excludes halogenated alkanes) is 1. The Hall–Kier alpha value is -2.62. The van der Waals surface area contributed by atoms with Crippen molar-refractivity contribution in [2.75, 3.05) is 13.2 Å². The summed E-state index contributed by atoms with van der Waals surface area (Å²) in [5.41, 5.74) is 0.987. The van der Waals surface area contributed by atoms with E-state index in [9.17, 15) is 32.7 Å². The van der Waals surface area contributed by atoms with Crippen LogP contribution < -0.4 is 10.6 Å². The highest BCUT2D eigenvalue weighted by Crippen LogP contribution is 2.14. The molecule has 0 aromatic heterocycles. The summed E-state index contributed by atoms with van der Waals surface area (Å²) in [7, 11) is 0. The number of rotatable bonds is 13. The summed E-state index contributed by atoms with van der Waals surface area (Å²) in [4.78, 5) is 34.5. The Morgan fingerprint density at radius 3 is 2.30 bits per heavy atom. The lowest BCUT2D eigenvalue weighted by atomic mass is 10.0. The number of esters is 1.